The van der Waals surface area contributed by atoms with Crippen molar-refractivity contribution in [2.24, 2.45) is 11.8 Å². The lowest BCUT2D eigenvalue weighted by atomic mass is 9.80. The molecule has 2 fully saturated rings. The van der Waals surface area contributed by atoms with Crippen molar-refractivity contribution in [2.45, 2.75) is 39.3 Å². The van der Waals surface area contributed by atoms with Crippen molar-refractivity contribution in [1.29, 1.82) is 0 Å². The van der Waals surface area contributed by atoms with E-state index < -0.39 is 29.4 Å². The van der Waals surface area contributed by atoms with Crippen LogP contribution >= 0.6 is 0 Å². The first-order chi connectivity index (χ1) is 11.8. The van der Waals surface area contributed by atoms with Crippen molar-refractivity contribution in [3.8, 4) is 0 Å². The van der Waals surface area contributed by atoms with Crippen LogP contribution in [-0.4, -0.2) is 41.4 Å². The number of rotatable bonds is 4. The van der Waals surface area contributed by atoms with E-state index in [4.69, 9.17) is 4.74 Å². The number of aryl methyl sites for hydroxylation is 1. The van der Waals surface area contributed by atoms with E-state index in [1.165, 1.54) is 4.90 Å². The molecule has 2 saturated heterocycles. The van der Waals surface area contributed by atoms with Crippen LogP contribution in [-0.2, 0) is 19.1 Å². The van der Waals surface area contributed by atoms with Crippen LogP contribution < -0.4 is 5.32 Å². The van der Waals surface area contributed by atoms with Crippen molar-refractivity contribution in [1.82, 2.24) is 10.2 Å². The molecule has 0 unspecified atom stereocenters. The summed E-state index contributed by atoms with van der Waals surface area (Å²) in [6.45, 7) is 7.69. The molecule has 0 aliphatic carbocycles. The molecule has 1 aromatic carbocycles. The van der Waals surface area contributed by atoms with E-state index in [0.717, 1.165) is 11.1 Å². The minimum absolute atomic E-state index is 0.219. The van der Waals surface area contributed by atoms with Gasteiger partial charge in [-0.25, -0.2) is 0 Å². The zero-order chi connectivity index (χ0) is 18.4. The monoisotopic (exact) mass is 344 g/mol. The van der Waals surface area contributed by atoms with Gasteiger partial charge in [0.05, 0.1) is 18.4 Å². The second kappa shape index (κ2) is 6.26. The Balaban J connectivity index is 2.07. The van der Waals surface area contributed by atoms with E-state index in [2.05, 4.69) is 5.32 Å². The minimum atomic E-state index is -1.22. The first kappa shape index (κ1) is 17.6. The average molecular weight is 344 g/mol. The maximum atomic E-state index is 12.9. The van der Waals surface area contributed by atoms with Crippen LogP contribution in [0.4, 0.5) is 0 Å². The number of benzene rings is 1. The topological polar surface area (TPSA) is 75.7 Å². The third-order valence-corrected chi connectivity index (χ3v) is 5.33. The predicted molar refractivity (Wildman–Crippen MR) is 91.5 cm³/mol. The third kappa shape index (κ3) is 2.56. The summed E-state index contributed by atoms with van der Waals surface area (Å²) in [4.78, 5) is 39.6. The molecule has 2 aliphatic rings. The molecular weight excluding hydrogens is 320 g/mol. The molecular formula is C19H24N2O4. The van der Waals surface area contributed by atoms with Crippen molar-refractivity contribution in [3.63, 3.8) is 0 Å². The van der Waals surface area contributed by atoms with Gasteiger partial charge in [-0.15, -0.1) is 0 Å². The van der Waals surface area contributed by atoms with Crippen LogP contribution in [0, 0.1) is 18.8 Å². The number of imide groups is 1. The smallest absolute Gasteiger partial charge is 0.326 e. The predicted octanol–water partition coefficient (Wildman–Crippen LogP) is 1.58. The van der Waals surface area contributed by atoms with E-state index in [-0.39, 0.29) is 18.4 Å². The highest BCUT2D eigenvalue weighted by atomic mass is 16.5. The largest absolute Gasteiger partial charge is 0.465 e. The molecule has 2 aliphatic heterocycles. The molecule has 3 rings (SSSR count). The quantitative estimate of drug-likeness (QED) is 0.663. The Morgan fingerprint density at radius 3 is 2.40 bits per heavy atom. The van der Waals surface area contributed by atoms with Crippen molar-refractivity contribution >= 4 is 17.8 Å². The third-order valence-electron chi connectivity index (χ3n) is 5.33. The molecule has 4 atom stereocenters. The Morgan fingerprint density at radius 1 is 1.20 bits per heavy atom. The standard InChI is InChI=1S/C19H24N2O4/c1-5-21-16(22)13-14(17(21)23)19(4,18(24)25-6-2)20-15(13)12-9-7-11(3)8-10-12/h7-10,13-15,20H,5-6H2,1-4H3/t13-,14+,15+,19+/m0/s1. The number of hydrogen-bond donors (Lipinski definition) is 1. The van der Waals surface area contributed by atoms with Crippen molar-refractivity contribution in [3.05, 3.63) is 35.4 Å². The van der Waals surface area contributed by atoms with Crippen LogP contribution in [0.25, 0.3) is 0 Å². The van der Waals surface area contributed by atoms with E-state index in [0.29, 0.717) is 6.54 Å². The van der Waals surface area contributed by atoms with Crippen LogP contribution in [0.2, 0.25) is 0 Å². The van der Waals surface area contributed by atoms with Gasteiger partial charge in [-0.2, -0.15) is 0 Å². The molecule has 0 bridgehead atoms. The molecule has 0 aromatic heterocycles. The van der Waals surface area contributed by atoms with E-state index in [1.54, 1.807) is 20.8 Å². The second-order valence-electron chi connectivity index (χ2n) is 6.88. The zero-order valence-corrected chi connectivity index (χ0v) is 15.0. The van der Waals surface area contributed by atoms with Gasteiger partial charge in [0, 0.05) is 12.6 Å². The summed E-state index contributed by atoms with van der Waals surface area (Å²) in [5.74, 6) is -2.34. The van der Waals surface area contributed by atoms with Crippen molar-refractivity contribution < 1.29 is 19.1 Å². The fraction of sp³-hybridized carbons (Fsp3) is 0.526. The molecule has 1 N–H and O–H groups in total. The summed E-state index contributed by atoms with van der Waals surface area (Å²) in [6.07, 6.45) is 0. The fourth-order valence-electron chi connectivity index (χ4n) is 4.04. The summed E-state index contributed by atoms with van der Waals surface area (Å²) in [6, 6.07) is 7.41. The number of nitrogens with zero attached hydrogens (tertiary/aromatic N) is 1. The highest BCUT2D eigenvalue weighted by Crippen LogP contribution is 2.48. The van der Waals surface area contributed by atoms with Gasteiger partial charge in [0.15, 0.2) is 0 Å². The van der Waals surface area contributed by atoms with Crippen molar-refractivity contribution in [2.75, 3.05) is 13.2 Å². The maximum absolute atomic E-state index is 12.9. The number of ether oxygens (including phenoxy) is 1. The Kier molecular flexibility index (Phi) is 4.41. The normalized spacial score (nSPS) is 31.4. The number of likely N-dealkylation sites (tertiary alicyclic amines) is 1. The van der Waals surface area contributed by atoms with Gasteiger partial charge >= 0.3 is 5.97 Å². The number of fused-ring (bicyclic) bond motifs is 1. The summed E-state index contributed by atoms with van der Waals surface area (Å²) >= 11 is 0. The second-order valence-corrected chi connectivity index (χ2v) is 6.88. The average Bonchev–Trinajstić information content (AvgIpc) is 3.03. The molecule has 134 valence electrons. The van der Waals surface area contributed by atoms with Gasteiger partial charge in [-0.05, 0) is 33.3 Å². The van der Waals surface area contributed by atoms with E-state index >= 15 is 0 Å². The molecule has 2 heterocycles. The molecule has 1 aromatic rings. The maximum Gasteiger partial charge on any atom is 0.326 e. The zero-order valence-electron chi connectivity index (χ0n) is 15.0. The van der Waals surface area contributed by atoms with Gasteiger partial charge in [0.1, 0.15) is 5.54 Å². The summed E-state index contributed by atoms with van der Waals surface area (Å²) < 4.78 is 5.21. The number of esters is 1. The van der Waals surface area contributed by atoms with Crippen LogP contribution in [0.15, 0.2) is 24.3 Å². The lowest BCUT2D eigenvalue weighted by molar-refractivity contribution is -0.155. The van der Waals surface area contributed by atoms with E-state index in [1.807, 2.05) is 31.2 Å². The van der Waals surface area contributed by atoms with Gasteiger partial charge in [0.2, 0.25) is 11.8 Å². The Morgan fingerprint density at radius 2 is 1.84 bits per heavy atom. The highest BCUT2D eigenvalue weighted by molar-refractivity contribution is 6.09. The molecule has 6 heteroatoms. The molecule has 0 spiro atoms. The lowest BCUT2D eigenvalue weighted by Crippen LogP contribution is -2.54. The first-order valence-electron chi connectivity index (χ1n) is 8.71. The summed E-state index contributed by atoms with van der Waals surface area (Å²) in [5, 5.41) is 3.25. The van der Waals surface area contributed by atoms with Gasteiger partial charge in [0.25, 0.3) is 0 Å². The van der Waals surface area contributed by atoms with Gasteiger partial charge in [-0.1, -0.05) is 29.8 Å². The SMILES string of the molecule is CCOC(=O)[C@]1(C)N[C@H](c2ccc(C)cc2)[C@H]2C(=O)N(CC)C(=O)[C@@H]21. The van der Waals surface area contributed by atoms with Gasteiger partial charge < -0.3 is 4.74 Å². The fourth-order valence-corrected chi connectivity index (χ4v) is 4.04. The summed E-state index contributed by atoms with van der Waals surface area (Å²) in [7, 11) is 0. The summed E-state index contributed by atoms with van der Waals surface area (Å²) in [5.41, 5.74) is 0.788. The number of nitrogens with one attached hydrogen (secondary N) is 1. The van der Waals surface area contributed by atoms with E-state index in [9.17, 15) is 14.4 Å². The highest BCUT2D eigenvalue weighted by Gasteiger charge is 2.66. The molecule has 2 amide bonds. The molecule has 25 heavy (non-hydrogen) atoms. The Hall–Kier alpha value is -2.21. The Bertz CT molecular complexity index is 715. The number of hydrogen-bond acceptors (Lipinski definition) is 5. The molecule has 6 nitrogen and oxygen atoms in total. The molecule has 0 saturated carbocycles. The van der Waals surface area contributed by atoms with Crippen LogP contribution in [0.3, 0.4) is 0 Å². The first-order valence-corrected chi connectivity index (χ1v) is 8.71. The van der Waals surface area contributed by atoms with Gasteiger partial charge in [-0.3, -0.25) is 24.6 Å². The minimum Gasteiger partial charge on any atom is -0.465 e. The van der Waals surface area contributed by atoms with Crippen LogP contribution in [0.1, 0.15) is 37.9 Å². The number of carbonyl (C=O) groups excluding carboxylic acids is 3. The Labute approximate surface area is 147 Å². The molecule has 0 radical (unpaired) electrons. The lowest BCUT2D eigenvalue weighted by Gasteiger charge is -2.28. The van der Waals surface area contributed by atoms with Crippen LogP contribution in [0.5, 0.6) is 0 Å². The number of amides is 2. The number of carbonyl (C=O) groups is 3.